The lowest BCUT2D eigenvalue weighted by atomic mass is 10.1. The van der Waals surface area contributed by atoms with Gasteiger partial charge in [-0.2, -0.15) is 0 Å². The summed E-state index contributed by atoms with van der Waals surface area (Å²) in [6.07, 6.45) is 0.996. The van der Waals surface area contributed by atoms with E-state index in [0.29, 0.717) is 6.54 Å². The van der Waals surface area contributed by atoms with Crippen molar-refractivity contribution in [2.75, 3.05) is 24.3 Å². The molecule has 156 valence electrons. The summed E-state index contributed by atoms with van der Waals surface area (Å²) in [5.41, 5.74) is 0.725. The second-order valence-corrected chi connectivity index (χ2v) is 9.02. The molecule has 0 saturated heterocycles. The zero-order chi connectivity index (χ0) is 21.9. The minimum absolute atomic E-state index is 0.000773. The van der Waals surface area contributed by atoms with E-state index in [1.165, 1.54) is 12.1 Å². The van der Waals surface area contributed by atoms with Crippen LogP contribution < -0.4 is 4.90 Å². The van der Waals surface area contributed by atoms with E-state index >= 15 is 0 Å². The number of ether oxygens (including phenoxy) is 1. The van der Waals surface area contributed by atoms with Gasteiger partial charge in [0.15, 0.2) is 16.4 Å². The number of fused-ring (bicyclic) bond motifs is 1. The first-order valence-corrected chi connectivity index (χ1v) is 11.4. The lowest BCUT2D eigenvalue weighted by Crippen LogP contribution is -2.34. The maximum absolute atomic E-state index is 12.8. The largest absolute Gasteiger partial charge is 0.452 e. The van der Waals surface area contributed by atoms with Crippen LogP contribution in [0.25, 0.3) is 10.8 Å². The van der Waals surface area contributed by atoms with Crippen LogP contribution in [0.5, 0.6) is 0 Å². The van der Waals surface area contributed by atoms with Crippen LogP contribution in [-0.4, -0.2) is 39.7 Å². The molecule has 0 aliphatic carbocycles. The summed E-state index contributed by atoms with van der Waals surface area (Å²) in [6, 6.07) is 17.2. The zero-order valence-electron chi connectivity index (χ0n) is 16.5. The Hall–Kier alpha value is -2.90. The molecule has 3 aromatic carbocycles. The van der Waals surface area contributed by atoms with Crippen LogP contribution in [0, 0.1) is 0 Å². The Labute approximate surface area is 179 Å². The molecular formula is C22H20ClNO5S. The van der Waals surface area contributed by atoms with Crippen molar-refractivity contribution in [2.24, 2.45) is 0 Å². The first-order chi connectivity index (χ1) is 14.2. The van der Waals surface area contributed by atoms with Crippen LogP contribution in [0.2, 0.25) is 5.02 Å². The molecule has 8 heteroatoms. The Morgan fingerprint density at radius 2 is 1.73 bits per heavy atom. The van der Waals surface area contributed by atoms with Crippen molar-refractivity contribution in [3.05, 3.63) is 71.2 Å². The molecule has 3 aromatic rings. The summed E-state index contributed by atoms with van der Waals surface area (Å²) < 4.78 is 28.7. The van der Waals surface area contributed by atoms with Gasteiger partial charge in [-0.05, 0) is 36.6 Å². The highest BCUT2D eigenvalue weighted by Gasteiger charge is 2.20. The van der Waals surface area contributed by atoms with Crippen molar-refractivity contribution in [1.82, 2.24) is 0 Å². The van der Waals surface area contributed by atoms with Crippen LogP contribution in [0.1, 0.15) is 17.3 Å². The smallest absolute Gasteiger partial charge is 0.338 e. The molecule has 0 aliphatic heterocycles. The fourth-order valence-corrected chi connectivity index (χ4v) is 4.43. The third-order valence-electron chi connectivity index (χ3n) is 4.57. The molecule has 0 atom stereocenters. The summed E-state index contributed by atoms with van der Waals surface area (Å²) in [4.78, 5) is 26.5. The fourth-order valence-electron chi connectivity index (χ4n) is 3.13. The number of hydrogen-bond donors (Lipinski definition) is 0. The van der Waals surface area contributed by atoms with E-state index in [4.69, 9.17) is 16.3 Å². The Morgan fingerprint density at radius 1 is 1.03 bits per heavy atom. The summed E-state index contributed by atoms with van der Waals surface area (Å²) in [5.74, 6) is -1.20. The average molecular weight is 446 g/mol. The molecule has 0 heterocycles. The van der Waals surface area contributed by atoms with Gasteiger partial charge < -0.3 is 9.64 Å². The number of likely N-dealkylation sites (N-methyl/N-ethyl adjacent to an activating group) is 1. The topological polar surface area (TPSA) is 80.8 Å². The van der Waals surface area contributed by atoms with E-state index in [-0.39, 0.29) is 21.4 Å². The number of carbonyl (C=O) groups is 2. The van der Waals surface area contributed by atoms with E-state index < -0.39 is 22.4 Å². The average Bonchev–Trinajstić information content (AvgIpc) is 2.72. The first kappa shape index (κ1) is 21.8. The zero-order valence-corrected chi connectivity index (χ0v) is 18.0. The Morgan fingerprint density at radius 3 is 2.43 bits per heavy atom. The first-order valence-electron chi connectivity index (χ1n) is 9.17. The van der Waals surface area contributed by atoms with E-state index in [9.17, 15) is 18.0 Å². The summed E-state index contributed by atoms with van der Waals surface area (Å²) in [6.45, 7) is 1.75. The van der Waals surface area contributed by atoms with Crippen LogP contribution in [0.3, 0.4) is 0 Å². The van der Waals surface area contributed by atoms with Gasteiger partial charge in [0.05, 0.1) is 21.2 Å². The van der Waals surface area contributed by atoms with E-state index in [1.54, 1.807) is 4.90 Å². The number of esters is 1. The summed E-state index contributed by atoms with van der Waals surface area (Å²) in [7, 11) is -3.61. The third-order valence-corrected chi connectivity index (χ3v) is 6.15. The highest BCUT2D eigenvalue weighted by molar-refractivity contribution is 7.90. The third kappa shape index (κ3) is 4.63. The van der Waals surface area contributed by atoms with Gasteiger partial charge in [-0.1, -0.05) is 48.0 Å². The van der Waals surface area contributed by atoms with Crippen molar-refractivity contribution < 1.29 is 22.7 Å². The molecular weight excluding hydrogens is 426 g/mol. The number of benzene rings is 3. The Balaban J connectivity index is 1.78. The lowest BCUT2D eigenvalue weighted by Gasteiger charge is -2.22. The van der Waals surface area contributed by atoms with Gasteiger partial charge in [0, 0.05) is 18.2 Å². The molecule has 3 rings (SSSR count). The van der Waals surface area contributed by atoms with Crippen LogP contribution >= 0.6 is 11.6 Å². The highest BCUT2D eigenvalue weighted by Crippen LogP contribution is 2.27. The van der Waals surface area contributed by atoms with Gasteiger partial charge in [-0.15, -0.1) is 0 Å². The molecule has 0 aliphatic rings. The van der Waals surface area contributed by atoms with Crippen molar-refractivity contribution >= 4 is 49.8 Å². The van der Waals surface area contributed by atoms with Gasteiger partial charge in [-0.25, -0.2) is 13.2 Å². The standard InChI is InChI=1S/C22H20ClNO5S/c1-3-24(19-10-6-8-15-7-4-5-9-17(15)19)21(25)14-29-22(26)16-11-12-18(23)20(13-16)30(2,27)28/h4-13H,3,14H2,1-2H3. The van der Waals surface area contributed by atoms with E-state index in [0.717, 1.165) is 28.8 Å². The number of sulfone groups is 1. The molecule has 0 saturated carbocycles. The summed E-state index contributed by atoms with van der Waals surface area (Å²) in [5, 5.41) is 1.92. The molecule has 0 unspecified atom stereocenters. The van der Waals surface area contributed by atoms with Crippen molar-refractivity contribution in [1.29, 1.82) is 0 Å². The number of rotatable bonds is 6. The monoisotopic (exact) mass is 445 g/mol. The molecule has 30 heavy (non-hydrogen) atoms. The van der Waals surface area contributed by atoms with Crippen molar-refractivity contribution in [3.63, 3.8) is 0 Å². The van der Waals surface area contributed by atoms with Gasteiger partial charge in [0.1, 0.15) is 0 Å². The second-order valence-electron chi connectivity index (χ2n) is 6.63. The number of carbonyl (C=O) groups excluding carboxylic acids is 2. The van der Waals surface area contributed by atoms with Gasteiger partial charge in [0.2, 0.25) is 0 Å². The normalized spacial score (nSPS) is 11.3. The van der Waals surface area contributed by atoms with Gasteiger partial charge in [-0.3, -0.25) is 4.79 Å². The van der Waals surface area contributed by atoms with Crippen molar-refractivity contribution in [3.8, 4) is 0 Å². The minimum Gasteiger partial charge on any atom is -0.452 e. The van der Waals surface area contributed by atoms with E-state index in [2.05, 4.69) is 0 Å². The van der Waals surface area contributed by atoms with Crippen molar-refractivity contribution in [2.45, 2.75) is 11.8 Å². The number of hydrogen-bond acceptors (Lipinski definition) is 5. The predicted octanol–water partition coefficient (Wildman–Crippen LogP) is 4.11. The molecule has 0 fully saturated rings. The quantitative estimate of drug-likeness (QED) is 0.533. The predicted molar refractivity (Wildman–Crippen MR) is 117 cm³/mol. The van der Waals surface area contributed by atoms with Crippen LogP contribution in [0.15, 0.2) is 65.6 Å². The Kier molecular flexibility index (Phi) is 6.43. The fraction of sp³-hybridized carbons (Fsp3) is 0.182. The lowest BCUT2D eigenvalue weighted by molar-refractivity contribution is -0.121. The highest BCUT2D eigenvalue weighted by atomic mass is 35.5. The number of amides is 1. The Bertz CT molecular complexity index is 1220. The minimum atomic E-state index is -3.61. The molecule has 0 spiro atoms. The maximum Gasteiger partial charge on any atom is 0.338 e. The summed E-state index contributed by atoms with van der Waals surface area (Å²) >= 11 is 5.90. The molecule has 0 bridgehead atoms. The number of halogens is 1. The van der Waals surface area contributed by atoms with Crippen LogP contribution in [-0.2, 0) is 19.4 Å². The molecule has 0 aromatic heterocycles. The number of nitrogens with zero attached hydrogens (tertiary/aromatic N) is 1. The SMILES string of the molecule is CCN(C(=O)COC(=O)c1ccc(Cl)c(S(C)(=O)=O)c1)c1cccc2ccccc12. The molecule has 6 nitrogen and oxygen atoms in total. The van der Waals surface area contributed by atoms with Crippen LogP contribution in [0.4, 0.5) is 5.69 Å². The molecule has 1 amide bonds. The molecule has 0 radical (unpaired) electrons. The number of anilines is 1. The maximum atomic E-state index is 12.8. The van der Waals surface area contributed by atoms with Gasteiger partial charge in [0.25, 0.3) is 5.91 Å². The molecule has 0 N–H and O–H groups in total. The second kappa shape index (κ2) is 8.85. The van der Waals surface area contributed by atoms with E-state index in [1.807, 2.05) is 49.4 Å². The van der Waals surface area contributed by atoms with Gasteiger partial charge >= 0.3 is 5.97 Å².